The topological polar surface area (TPSA) is 130 Å². The molecule has 1 aliphatic rings. The second kappa shape index (κ2) is 8.17. The zero-order valence-electron chi connectivity index (χ0n) is 16.4. The summed E-state index contributed by atoms with van der Waals surface area (Å²) in [6.07, 6.45) is 0.277. The van der Waals surface area contributed by atoms with Gasteiger partial charge in [-0.3, -0.25) is 19.2 Å². The van der Waals surface area contributed by atoms with Gasteiger partial charge in [-0.25, -0.2) is 21.6 Å². The van der Waals surface area contributed by atoms with E-state index in [0.29, 0.717) is 11.3 Å². The zero-order chi connectivity index (χ0) is 22.1. The predicted molar refractivity (Wildman–Crippen MR) is 111 cm³/mol. The summed E-state index contributed by atoms with van der Waals surface area (Å²) in [4.78, 5) is 24.9. The molecular formula is C19H21N3O6S2. The number of amides is 2. The molecule has 1 saturated heterocycles. The fourth-order valence-electron chi connectivity index (χ4n) is 3.08. The Hall–Kier alpha value is -2.76. The number of benzene rings is 2. The van der Waals surface area contributed by atoms with Crippen LogP contribution in [0.25, 0.3) is 0 Å². The van der Waals surface area contributed by atoms with Crippen LogP contribution in [0.1, 0.15) is 25.3 Å². The van der Waals surface area contributed by atoms with Crippen molar-refractivity contribution in [3.8, 4) is 0 Å². The number of hydrogen-bond acceptors (Lipinski definition) is 6. The molecule has 1 aliphatic heterocycles. The van der Waals surface area contributed by atoms with Crippen LogP contribution in [0.3, 0.4) is 0 Å². The monoisotopic (exact) mass is 451 g/mol. The van der Waals surface area contributed by atoms with E-state index in [-0.39, 0.29) is 46.7 Å². The molecule has 1 fully saturated rings. The van der Waals surface area contributed by atoms with E-state index >= 15 is 0 Å². The van der Waals surface area contributed by atoms with Gasteiger partial charge in [0.1, 0.15) is 0 Å². The van der Waals surface area contributed by atoms with E-state index in [9.17, 15) is 26.4 Å². The van der Waals surface area contributed by atoms with Crippen molar-refractivity contribution in [2.75, 3.05) is 16.2 Å². The molecule has 2 amide bonds. The quantitative estimate of drug-likeness (QED) is 0.617. The Kier molecular flexibility index (Phi) is 5.97. The van der Waals surface area contributed by atoms with Crippen LogP contribution in [-0.4, -0.2) is 35.2 Å². The number of sulfonamides is 2. The molecule has 3 rings (SSSR count). The Morgan fingerprint density at radius 1 is 0.867 bits per heavy atom. The highest BCUT2D eigenvalue weighted by Crippen LogP contribution is 2.28. The molecule has 0 saturated carbocycles. The van der Waals surface area contributed by atoms with Crippen LogP contribution in [-0.2, 0) is 29.6 Å². The summed E-state index contributed by atoms with van der Waals surface area (Å²) in [6.45, 7) is 3.51. The zero-order valence-corrected chi connectivity index (χ0v) is 18.0. The largest absolute Gasteiger partial charge is 0.280 e. The maximum absolute atomic E-state index is 12.7. The highest BCUT2D eigenvalue weighted by Gasteiger charge is 2.31. The normalized spacial score (nSPS) is 14.9. The second-order valence-corrected chi connectivity index (χ2v) is 10.2. The number of carbonyl (C=O) groups excluding carboxylic acids is 2. The average Bonchev–Trinajstić information content (AvgIpc) is 3.00. The lowest BCUT2D eigenvalue weighted by Gasteiger charge is -2.17. The lowest BCUT2D eigenvalue weighted by molar-refractivity contribution is -0.121. The molecule has 0 aliphatic carbocycles. The van der Waals surface area contributed by atoms with Crippen molar-refractivity contribution < 1.29 is 26.4 Å². The van der Waals surface area contributed by atoms with Gasteiger partial charge in [-0.2, -0.15) is 0 Å². The van der Waals surface area contributed by atoms with Gasteiger partial charge in [-0.1, -0.05) is 6.92 Å². The minimum absolute atomic E-state index is 0.0208. The summed E-state index contributed by atoms with van der Waals surface area (Å²) in [5, 5.41) is 0. The van der Waals surface area contributed by atoms with Crippen molar-refractivity contribution >= 4 is 43.2 Å². The summed E-state index contributed by atoms with van der Waals surface area (Å²) in [6, 6.07) is 9.42. The van der Waals surface area contributed by atoms with Gasteiger partial charge in [0.15, 0.2) is 0 Å². The molecule has 0 unspecified atom stereocenters. The van der Waals surface area contributed by atoms with Crippen LogP contribution < -0.4 is 14.3 Å². The number of nitrogens with zero attached hydrogens (tertiary/aromatic N) is 1. The third-order valence-corrected chi connectivity index (χ3v) is 7.46. The van der Waals surface area contributed by atoms with Crippen LogP contribution in [0.15, 0.2) is 52.3 Å². The standard InChI is InChI=1S/C19H21N3O6S2/c1-3-20-29(25,26)15-6-4-14(5-7-15)21-30(27,28)16-8-9-17(13(2)12-16)22-18(23)10-11-19(22)24/h4-9,12,20-21H,3,10-11H2,1-2H3. The van der Waals surface area contributed by atoms with Crippen molar-refractivity contribution in [1.82, 2.24) is 4.72 Å². The first-order valence-corrected chi connectivity index (χ1v) is 12.1. The maximum atomic E-state index is 12.7. The number of aryl methyl sites for hydroxylation is 1. The molecule has 0 bridgehead atoms. The molecule has 0 atom stereocenters. The van der Waals surface area contributed by atoms with Gasteiger partial charge in [0.05, 0.1) is 15.5 Å². The van der Waals surface area contributed by atoms with Crippen molar-refractivity contribution in [2.24, 2.45) is 0 Å². The molecule has 0 spiro atoms. The van der Waals surface area contributed by atoms with E-state index in [1.165, 1.54) is 42.5 Å². The fourth-order valence-corrected chi connectivity index (χ4v) is 5.27. The molecule has 1 heterocycles. The first kappa shape index (κ1) is 21.9. The fraction of sp³-hybridized carbons (Fsp3) is 0.263. The lowest BCUT2D eigenvalue weighted by Crippen LogP contribution is -2.29. The second-order valence-electron chi connectivity index (χ2n) is 6.70. The minimum Gasteiger partial charge on any atom is -0.280 e. The van der Waals surface area contributed by atoms with E-state index in [1.807, 2.05) is 0 Å². The first-order valence-electron chi connectivity index (χ1n) is 9.14. The number of anilines is 2. The summed E-state index contributed by atoms with van der Waals surface area (Å²) in [5.74, 6) is -0.631. The number of imide groups is 1. The van der Waals surface area contributed by atoms with Crippen LogP contribution in [0.2, 0.25) is 0 Å². The van der Waals surface area contributed by atoms with Crippen LogP contribution >= 0.6 is 0 Å². The van der Waals surface area contributed by atoms with Gasteiger partial charge >= 0.3 is 0 Å². The molecule has 0 aromatic heterocycles. The molecule has 0 radical (unpaired) electrons. The Bertz CT molecular complexity index is 1190. The van der Waals surface area contributed by atoms with Crippen molar-refractivity contribution in [3.05, 3.63) is 48.0 Å². The SMILES string of the molecule is CCNS(=O)(=O)c1ccc(NS(=O)(=O)c2ccc(N3C(=O)CCC3=O)c(C)c2)cc1. The predicted octanol–water partition coefficient (Wildman–Crippen LogP) is 1.75. The third-order valence-electron chi connectivity index (χ3n) is 4.52. The molecule has 11 heteroatoms. The molecule has 9 nitrogen and oxygen atoms in total. The molecular weight excluding hydrogens is 430 g/mol. The highest BCUT2D eigenvalue weighted by molar-refractivity contribution is 7.92. The molecule has 2 aromatic rings. The minimum atomic E-state index is -3.97. The van der Waals surface area contributed by atoms with Gasteiger partial charge in [0, 0.05) is 25.1 Å². The smallest absolute Gasteiger partial charge is 0.261 e. The van der Waals surface area contributed by atoms with Crippen LogP contribution in [0.4, 0.5) is 11.4 Å². The van der Waals surface area contributed by atoms with Gasteiger partial charge in [-0.15, -0.1) is 0 Å². The van der Waals surface area contributed by atoms with Crippen molar-refractivity contribution in [2.45, 2.75) is 36.5 Å². The van der Waals surface area contributed by atoms with Gasteiger partial charge < -0.3 is 0 Å². The number of rotatable bonds is 7. The number of hydrogen-bond donors (Lipinski definition) is 2. The lowest BCUT2D eigenvalue weighted by atomic mass is 10.2. The van der Waals surface area contributed by atoms with Crippen LogP contribution in [0, 0.1) is 6.92 Å². The third kappa shape index (κ3) is 4.37. The van der Waals surface area contributed by atoms with Crippen LogP contribution in [0.5, 0.6) is 0 Å². The maximum Gasteiger partial charge on any atom is 0.261 e. The van der Waals surface area contributed by atoms with Gasteiger partial charge in [-0.05, 0) is 55.0 Å². The molecule has 2 aromatic carbocycles. The average molecular weight is 452 g/mol. The van der Waals surface area contributed by atoms with E-state index < -0.39 is 20.0 Å². The summed E-state index contributed by atoms with van der Waals surface area (Å²) in [7, 11) is -7.60. The molecule has 2 N–H and O–H groups in total. The number of nitrogens with one attached hydrogen (secondary N) is 2. The summed E-state index contributed by atoms with van der Waals surface area (Å²) >= 11 is 0. The van der Waals surface area contributed by atoms with E-state index in [1.54, 1.807) is 13.8 Å². The van der Waals surface area contributed by atoms with E-state index in [2.05, 4.69) is 9.44 Å². The highest BCUT2D eigenvalue weighted by atomic mass is 32.2. The number of carbonyl (C=O) groups is 2. The molecule has 30 heavy (non-hydrogen) atoms. The van der Waals surface area contributed by atoms with E-state index in [0.717, 1.165) is 4.90 Å². The Morgan fingerprint density at radius 2 is 1.43 bits per heavy atom. The van der Waals surface area contributed by atoms with E-state index in [4.69, 9.17) is 0 Å². The van der Waals surface area contributed by atoms with Gasteiger partial charge in [0.25, 0.3) is 10.0 Å². The van der Waals surface area contributed by atoms with Crippen molar-refractivity contribution in [1.29, 1.82) is 0 Å². The van der Waals surface area contributed by atoms with Crippen molar-refractivity contribution in [3.63, 3.8) is 0 Å². The Balaban J connectivity index is 1.83. The van der Waals surface area contributed by atoms with Gasteiger partial charge in [0.2, 0.25) is 21.8 Å². The Labute approximate surface area is 175 Å². The summed E-state index contributed by atoms with van der Waals surface area (Å²) in [5.41, 5.74) is 1.02. The Morgan fingerprint density at radius 3 is 1.97 bits per heavy atom. The first-order chi connectivity index (χ1) is 14.0. The molecule has 160 valence electrons. The summed E-state index contributed by atoms with van der Waals surface area (Å²) < 4.78 is 54.1.